The minimum Gasteiger partial charge on any atom is -0.487 e. The molecule has 0 aliphatic rings. The first-order chi connectivity index (χ1) is 12.9. The second-order valence-electron chi connectivity index (χ2n) is 6.02. The van der Waals surface area contributed by atoms with E-state index in [2.05, 4.69) is 0 Å². The van der Waals surface area contributed by atoms with Crippen LogP contribution in [0.3, 0.4) is 0 Å². The molecule has 6 nitrogen and oxygen atoms in total. The highest BCUT2D eigenvalue weighted by Crippen LogP contribution is 2.18. The average molecular weight is 385 g/mol. The molecule has 0 fully saturated rings. The maximum absolute atomic E-state index is 12.4. The van der Waals surface area contributed by atoms with Gasteiger partial charge in [-0.3, -0.25) is 18.7 Å². The summed E-state index contributed by atoms with van der Waals surface area (Å²) in [4.78, 5) is 36.1. The highest BCUT2D eigenvalue weighted by molar-refractivity contribution is 6.30. The van der Waals surface area contributed by atoms with Gasteiger partial charge < -0.3 is 4.74 Å². The third kappa shape index (κ3) is 4.01. The maximum atomic E-state index is 12.4. The minimum absolute atomic E-state index is 0.0618. The molecular formula is C20H17ClN2O4. The number of rotatable bonds is 5. The molecule has 138 valence electrons. The van der Waals surface area contributed by atoms with Gasteiger partial charge in [-0.05, 0) is 48.5 Å². The lowest BCUT2D eigenvalue weighted by Gasteiger charge is -2.11. The maximum Gasteiger partial charge on any atom is 0.330 e. The van der Waals surface area contributed by atoms with Crippen LogP contribution in [0.4, 0.5) is 0 Å². The fourth-order valence-electron chi connectivity index (χ4n) is 2.54. The summed E-state index contributed by atoms with van der Waals surface area (Å²) >= 11 is 5.84. The van der Waals surface area contributed by atoms with Crippen LogP contribution in [0, 0.1) is 0 Å². The number of hydrogen-bond acceptors (Lipinski definition) is 4. The minimum atomic E-state index is -0.412. The molecule has 0 atom stereocenters. The van der Waals surface area contributed by atoms with Crippen LogP contribution in [0.2, 0.25) is 5.02 Å². The SMILES string of the molecule is Cn1c(COc2ccc(C(=O)c3ccc(Cl)cc3)cc2)cc(=O)n(C)c1=O. The van der Waals surface area contributed by atoms with Crippen LogP contribution in [0.25, 0.3) is 0 Å². The van der Waals surface area contributed by atoms with Crippen molar-refractivity contribution in [1.29, 1.82) is 0 Å². The van der Waals surface area contributed by atoms with E-state index in [0.717, 1.165) is 4.57 Å². The average Bonchev–Trinajstić information content (AvgIpc) is 2.68. The van der Waals surface area contributed by atoms with Gasteiger partial charge in [0.1, 0.15) is 12.4 Å². The second kappa shape index (κ2) is 7.63. The molecule has 1 aromatic heterocycles. The molecule has 27 heavy (non-hydrogen) atoms. The standard InChI is InChI=1S/C20H17ClN2O4/c1-22-16(11-18(24)23(2)20(22)26)12-27-17-9-5-14(6-10-17)19(25)13-3-7-15(21)8-4-13/h3-11H,12H2,1-2H3. The normalized spacial score (nSPS) is 10.6. The van der Waals surface area contributed by atoms with E-state index >= 15 is 0 Å². The summed E-state index contributed by atoms with van der Waals surface area (Å²) in [6, 6.07) is 14.7. The van der Waals surface area contributed by atoms with Gasteiger partial charge in [-0.1, -0.05) is 11.6 Å². The molecule has 7 heteroatoms. The van der Waals surface area contributed by atoms with Crippen molar-refractivity contribution in [1.82, 2.24) is 9.13 Å². The summed E-state index contributed by atoms with van der Waals surface area (Å²) in [6.07, 6.45) is 0. The predicted octanol–water partition coefficient (Wildman–Crippen LogP) is 2.55. The molecule has 0 aliphatic heterocycles. The van der Waals surface area contributed by atoms with Gasteiger partial charge in [0.25, 0.3) is 5.56 Å². The molecule has 0 aliphatic carbocycles. The number of halogens is 1. The summed E-state index contributed by atoms with van der Waals surface area (Å²) < 4.78 is 8.03. The Kier molecular flexibility index (Phi) is 5.28. The first kappa shape index (κ1) is 18.7. The lowest BCUT2D eigenvalue weighted by atomic mass is 10.0. The number of carbonyl (C=O) groups excluding carboxylic acids is 1. The Labute approximate surface area is 160 Å². The molecule has 0 radical (unpaired) electrons. The topological polar surface area (TPSA) is 70.3 Å². The Morgan fingerprint density at radius 2 is 1.48 bits per heavy atom. The van der Waals surface area contributed by atoms with Crippen LogP contribution in [-0.4, -0.2) is 14.9 Å². The van der Waals surface area contributed by atoms with Gasteiger partial charge in [-0.25, -0.2) is 4.79 Å². The van der Waals surface area contributed by atoms with Gasteiger partial charge in [0, 0.05) is 36.3 Å². The predicted molar refractivity (Wildman–Crippen MR) is 103 cm³/mol. The Morgan fingerprint density at radius 3 is 2.07 bits per heavy atom. The molecule has 0 N–H and O–H groups in total. The van der Waals surface area contributed by atoms with Crippen molar-refractivity contribution in [2.75, 3.05) is 0 Å². The van der Waals surface area contributed by atoms with E-state index in [9.17, 15) is 14.4 Å². The third-order valence-electron chi connectivity index (χ3n) is 4.23. The lowest BCUT2D eigenvalue weighted by Crippen LogP contribution is -2.38. The molecule has 3 rings (SSSR count). The first-order valence-corrected chi connectivity index (χ1v) is 8.53. The quantitative estimate of drug-likeness (QED) is 0.634. The van der Waals surface area contributed by atoms with Crippen molar-refractivity contribution < 1.29 is 9.53 Å². The van der Waals surface area contributed by atoms with Crippen LogP contribution in [-0.2, 0) is 20.7 Å². The van der Waals surface area contributed by atoms with Crippen LogP contribution < -0.4 is 16.0 Å². The molecule has 2 aromatic carbocycles. The summed E-state index contributed by atoms with van der Waals surface area (Å²) in [7, 11) is 3.00. The molecule has 0 spiro atoms. The van der Waals surface area contributed by atoms with Crippen LogP contribution in [0.1, 0.15) is 21.6 Å². The smallest absolute Gasteiger partial charge is 0.330 e. The molecular weight excluding hydrogens is 368 g/mol. The van der Waals surface area contributed by atoms with Crippen LogP contribution in [0.5, 0.6) is 5.75 Å². The molecule has 1 heterocycles. The fraction of sp³-hybridized carbons (Fsp3) is 0.150. The van der Waals surface area contributed by atoms with Crippen molar-refractivity contribution in [3.05, 3.63) is 97.3 Å². The van der Waals surface area contributed by atoms with Crippen molar-refractivity contribution in [3.8, 4) is 5.75 Å². The molecule has 0 unspecified atom stereocenters. The summed E-state index contributed by atoms with van der Waals surface area (Å²) in [6.45, 7) is 0.0618. The van der Waals surface area contributed by atoms with Crippen LogP contribution in [0.15, 0.2) is 64.2 Å². The Morgan fingerprint density at radius 1 is 0.926 bits per heavy atom. The van der Waals surface area contributed by atoms with E-state index in [1.165, 1.54) is 17.7 Å². The molecule has 0 amide bonds. The van der Waals surface area contributed by atoms with Crippen molar-refractivity contribution >= 4 is 17.4 Å². The van der Waals surface area contributed by atoms with Gasteiger partial charge in [-0.15, -0.1) is 0 Å². The van der Waals surface area contributed by atoms with E-state index in [0.29, 0.717) is 27.6 Å². The fourth-order valence-corrected chi connectivity index (χ4v) is 2.67. The highest BCUT2D eigenvalue weighted by atomic mass is 35.5. The summed E-state index contributed by atoms with van der Waals surface area (Å²) in [5.41, 5.74) is 0.726. The molecule has 0 saturated heterocycles. The number of nitrogens with zero attached hydrogens (tertiary/aromatic N) is 2. The zero-order valence-corrected chi connectivity index (χ0v) is 15.6. The largest absolute Gasteiger partial charge is 0.487 e. The van der Waals surface area contributed by atoms with Crippen molar-refractivity contribution in [3.63, 3.8) is 0 Å². The number of ketones is 1. The monoisotopic (exact) mass is 384 g/mol. The van der Waals surface area contributed by atoms with Gasteiger partial charge in [0.2, 0.25) is 0 Å². The third-order valence-corrected chi connectivity index (χ3v) is 4.49. The summed E-state index contributed by atoms with van der Waals surface area (Å²) in [5, 5.41) is 0.570. The number of carbonyl (C=O) groups is 1. The number of benzene rings is 2. The van der Waals surface area contributed by atoms with Gasteiger partial charge in [0.05, 0.1) is 5.69 Å². The van der Waals surface area contributed by atoms with E-state index in [1.54, 1.807) is 55.6 Å². The van der Waals surface area contributed by atoms with E-state index in [4.69, 9.17) is 16.3 Å². The zero-order chi connectivity index (χ0) is 19.6. The first-order valence-electron chi connectivity index (χ1n) is 8.16. The Bertz CT molecular complexity index is 1100. The van der Waals surface area contributed by atoms with E-state index < -0.39 is 5.69 Å². The zero-order valence-electron chi connectivity index (χ0n) is 14.8. The Balaban J connectivity index is 1.73. The molecule has 0 saturated carbocycles. The second-order valence-corrected chi connectivity index (χ2v) is 6.46. The van der Waals surface area contributed by atoms with Crippen molar-refractivity contribution in [2.45, 2.75) is 6.61 Å². The van der Waals surface area contributed by atoms with Gasteiger partial charge >= 0.3 is 5.69 Å². The highest BCUT2D eigenvalue weighted by Gasteiger charge is 2.10. The van der Waals surface area contributed by atoms with Gasteiger partial charge in [0.15, 0.2) is 5.78 Å². The molecule has 0 bridgehead atoms. The Hall–Kier alpha value is -3.12. The number of ether oxygens (including phenoxy) is 1. The number of aromatic nitrogens is 2. The lowest BCUT2D eigenvalue weighted by molar-refractivity contribution is 0.103. The van der Waals surface area contributed by atoms with Crippen LogP contribution >= 0.6 is 11.6 Å². The van der Waals surface area contributed by atoms with E-state index in [-0.39, 0.29) is 17.9 Å². The van der Waals surface area contributed by atoms with E-state index in [1.807, 2.05) is 0 Å². The number of hydrogen-bond donors (Lipinski definition) is 0. The summed E-state index contributed by atoms with van der Waals surface area (Å²) in [5.74, 6) is 0.406. The van der Waals surface area contributed by atoms with Crippen molar-refractivity contribution in [2.24, 2.45) is 14.1 Å². The van der Waals surface area contributed by atoms with Gasteiger partial charge in [-0.2, -0.15) is 0 Å². The molecule has 3 aromatic rings.